The van der Waals surface area contributed by atoms with E-state index in [1.54, 1.807) is 11.8 Å². The van der Waals surface area contributed by atoms with Crippen molar-refractivity contribution >= 4 is 35.0 Å². The molecule has 3 rings (SSSR count). The fourth-order valence-electron chi connectivity index (χ4n) is 4.07. The molecule has 31 heavy (non-hydrogen) atoms. The van der Waals surface area contributed by atoms with E-state index in [1.165, 1.54) is 5.56 Å². The summed E-state index contributed by atoms with van der Waals surface area (Å²) in [5, 5.41) is 3.02. The van der Waals surface area contributed by atoms with E-state index in [-0.39, 0.29) is 23.1 Å². The van der Waals surface area contributed by atoms with E-state index in [9.17, 15) is 9.59 Å². The fourth-order valence-corrected chi connectivity index (χ4v) is 5.24. The van der Waals surface area contributed by atoms with Crippen LogP contribution in [0, 0.1) is 5.92 Å². The minimum Gasteiger partial charge on any atom is -0.326 e. The second-order valence-electron chi connectivity index (χ2n) is 8.50. The summed E-state index contributed by atoms with van der Waals surface area (Å²) in [5.74, 6) is 1.12. The Morgan fingerprint density at radius 1 is 1.13 bits per heavy atom. The van der Waals surface area contributed by atoms with Gasteiger partial charge in [0.2, 0.25) is 11.8 Å². The van der Waals surface area contributed by atoms with Gasteiger partial charge in [0, 0.05) is 17.3 Å². The lowest BCUT2D eigenvalue weighted by molar-refractivity contribution is -0.120. The SMILES string of the molecule is CCCC[C@H](CC)C(=O)Nc1ccc([C@H]2SCC(=O)N2c2ccccc2C(C)C)cc1. The van der Waals surface area contributed by atoms with Crippen LogP contribution in [0.1, 0.15) is 75.8 Å². The highest BCUT2D eigenvalue weighted by Gasteiger charge is 2.35. The van der Waals surface area contributed by atoms with Crippen molar-refractivity contribution in [1.29, 1.82) is 0 Å². The van der Waals surface area contributed by atoms with Gasteiger partial charge in [0.25, 0.3) is 0 Å². The Morgan fingerprint density at radius 3 is 2.48 bits per heavy atom. The summed E-state index contributed by atoms with van der Waals surface area (Å²) in [4.78, 5) is 27.3. The van der Waals surface area contributed by atoms with Gasteiger partial charge in [-0.2, -0.15) is 0 Å². The maximum atomic E-state index is 12.8. The van der Waals surface area contributed by atoms with Crippen LogP contribution in [-0.4, -0.2) is 17.6 Å². The lowest BCUT2D eigenvalue weighted by atomic mass is 9.98. The van der Waals surface area contributed by atoms with Gasteiger partial charge in [-0.25, -0.2) is 0 Å². The number of benzene rings is 2. The van der Waals surface area contributed by atoms with Crippen molar-refractivity contribution in [3.63, 3.8) is 0 Å². The molecule has 5 heteroatoms. The minimum absolute atomic E-state index is 0.0508. The maximum absolute atomic E-state index is 12.8. The summed E-state index contributed by atoms with van der Waals surface area (Å²) in [6.07, 6.45) is 3.97. The number of hydrogen-bond donors (Lipinski definition) is 1. The quantitative estimate of drug-likeness (QED) is 0.471. The van der Waals surface area contributed by atoms with Gasteiger partial charge in [-0.3, -0.25) is 14.5 Å². The number of nitrogens with one attached hydrogen (secondary N) is 1. The molecular formula is C26H34N2O2S. The molecule has 1 aliphatic heterocycles. The smallest absolute Gasteiger partial charge is 0.238 e. The highest BCUT2D eigenvalue weighted by atomic mass is 32.2. The predicted octanol–water partition coefficient (Wildman–Crippen LogP) is 6.74. The van der Waals surface area contributed by atoms with Crippen molar-refractivity contribution in [2.45, 2.75) is 64.7 Å². The van der Waals surface area contributed by atoms with Crippen LogP contribution in [0.5, 0.6) is 0 Å². The highest BCUT2D eigenvalue weighted by molar-refractivity contribution is 8.00. The Hall–Kier alpha value is -2.27. The van der Waals surface area contributed by atoms with Crippen LogP contribution in [0.15, 0.2) is 48.5 Å². The Labute approximate surface area is 190 Å². The number of amides is 2. The number of carbonyl (C=O) groups excluding carboxylic acids is 2. The van der Waals surface area contributed by atoms with Gasteiger partial charge in [0.15, 0.2) is 0 Å². The second kappa shape index (κ2) is 10.9. The number of hydrogen-bond acceptors (Lipinski definition) is 3. The molecule has 0 radical (unpaired) electrons. The molecule has 0 aliphatic carbocycles. The van der Waals surface area contributed by atoms with Crippen molar-refractivity contribution in [3.05, 3.63) is 59.7 Å². The number of para-hydroxylation sites is 1. The number of anilines is 2. The molecular weight excluding hydrogens is 404 g/mol. The van der Waals surface area contributed by atoms with E-state index in [1.807, 2.05) is 47.4 Å². The van der Waals surface area contributed by atoms with E-state index in [0.717, 1.165) is 42.6 Å². The molecule has 1 fully saturated rings. The lowest BCUT2D eigenvalue weighted by Crippen LogP contribution is -2.29. The average Bonchev–Trinajstić information content (AvgIpc) is 3.16. The number of thioether (sulfide) groups is 1. The van der Waals surface area contributed by atoms with Crippen molar-refractivity contribution < 1.29 is 9.59 Å². The van der Waals surface area contributed by atoms with Gasteiger partial charge >= 0.3 is 0 Å². The molecule has 1 aliphatic rings. The topological polar surface area (TPSA) is 49.4 Å². The Bertz CT molecular complexity index is 895. The molecule has 2 atom stereocenters. The molecule has 2 aromatic carbocycles. The van der Waals surface area contributed by atoms with Gasteiger partial charge in [-0.05, 0) is 48.1 Å². The molecule has 1 N–H and O–H groups in total. The normalized spacial score (nSPS) is 17.3. The maximum Gasteiger partial charge on any atom is 0.238 e. The van der Waals surface area contributed by atoms with Crippen molar-refractivity contribution in [2.75, 3.05) is 16.0 Å². The first kappa shape index (κ1) is 23.4. The van der Waals surface area contributed by atoms with Gasteiger partial charge in [-0.15, -0.1) is 11.8 Å². The first-order valence-corrected chi connectivity index (χ1v) is 12.4. The highest BCUT2D eigenvalue weighted by Crippen LogP contribution is 2.44. The minimum atomic E-state index is -0.0508. The zero-order valence-corrected chi connectivity index (χ0v) is 19.9. The zero-order chi connectivity index (χ0) is 22.4. The molecule has 0 saturated carbocycles. The van der Waals surface area contributed by atoms with Crippen LogP contribution < -0.4 is 10.2 Å². The lowest BCUT2D eigenvalue weighted by Gasteiger charge is -2.27. The Balaban J connectivity index is 1.77. The van der Waals surface area contributed by atoms with Gasteiger partial charge < -0.3 is 5.32 Å². The van der Waals surface area contributed by atoms with Crippen LogP contribution in [0.25, 0.3) is 0 Å². The molecule has 0 aromatic heterocycles. The first-order valence-electron chi connectivity index (χ1n) is 11.4. The summed E-state index contributed by atoms with van der Waals surface area (Å²) in [6.45, 7) is 8.53. The molecule has 2 aromatic rings. The summed E-state index contributed by atoms with van der Waals surface area (Å²) in [6, 6.07) is 16.1. The number of rotatable bonds is 9. The fraction of sp³-hybridized carbons (Fsp3) is 0.462. The average molecular weight is 439 g/mol. The van der Waals surface area contributed by atoms with E-state index in [2.05, 4.69) is 39.1 Å². The summed E-state index contributed by atoms with van der Waals surface area (Å²) >= 11 is 1.65. The summed E-state index contributed by atoms with van der Waals surface area (Å²) in [5.41, 5.74) is 4.07. The molecule has 1 heterocycles. The van der Waals surface area contributed by atoms with Crippen LogP contribution >= 0.6 is 11.8 Å². The Morgan fingerprint density at radius 2 is 1.84 bits per heavy atom. The largest absolute Gasteiger partial charge is 0.326 e. The van der Waals surface area contributed by atoms with E-state index in [0.29, 0.717) is 11.7 Å². The first-order chi connectivity index (χ1) is 15.0. The van der Waals surface area contributed by atoms with Crippen LogP contribution in [0.2, 0.25) is 0 Å². The number of nitrogens with zero attached hydrogens (tertiary/aromatic N) is 1. The van der Waals surface area contributed by atoms with Gasteiger partial charge in [0.1, 0.15) is 5.37 Å². The molecule has 0 bridgehead atoms. The summed E-state index contributed by atoms with van der Waals surface area (Å²) in [7, 11) is 0. The second-order valence-corrected chi connectivity index (χ2v) is 9.57. The third kappa shape index (κ3) is 5.51. The Kier molecular flexibility index (Phi) is 8.19. The van der Waals surface area contributed by atoms with Gasteiger partial charge in [-0.1, -0.05) is 70.9 Å². The van der Waals surface area contributed by atoms with Crippen LogP contribution in [0.3, 0.4) is 0 Å². The monoisotopic (exact) mass is 438 g/mol. The predicted molar refractivity (Wildman–Crippen MR) is 132 cm³/mol. The molecule has 2 amide bonds. The van der Waals surface area contributed by atoms with Crippen molar-refractivity contribution in [1.82, 2.24) is 0 Å². The van der Waals surface area contributed by atoms with Crippen molar-refractivity contribution in [2.24, 2.45) is 5.92 Å². The third-order valence-electron chi connectivity index (χ3n) is 5.92. The van der Waals surface area contributed by atoms with Crippen molar-refractivity contribution in [3.8, 4) is 0 Å². The molecule has 0 unspecified atom stereocenters. The zero-order valence-electron chi connectivity index (χ0n) is 19.1. The number of unbranched alkanes of at least 4 members (excludes halogenated alkanes) is 1. The van der Waals surface area contributed by atoms with Crippen LogP contribution in [0.4, 0.5) is 11.4 Å². The van der Waals surface area contributed by atoms with E-state index in [4.69, 9.17) is 0 Å². The summed E-state index contributed by atoms with van der Waals surface area (Å²) < 4.78 is 0. The van der Waals surface area contributed by atoms with Gasteiger partial charge in [0.05, 0.1) is 5.75 Å². The molecule has 4 nitrogen and oxygen atoms in total. The van der Waals surface area contributed by atoms with Crippen LogP contribution in [-0.2, 0) is 9.59 Å². The van der Waals surface area contributed by atoms with E-state index >= 15 is 0 Å². The third-order valence-corrected chi connectivity index (χ3v) is 7.13. The number of carbonyl (C=O) groups is 2. The van der Waals surface area contributed by atoms with E-state index < -0.39 is 0 Å². The molecule has 1 saturated heterocycles. The molecule has 166 valence electrons. The molecule has 0 spiro atoms. The standard InChI is InChI=1S/C26H34N2O2S/c1-5-7-10-19(6-2)25(30)27-21-15-13-20(14-16-21)26-28(24(29)17-31-26)23-12-9-8-11-22(23)18(3)4/h8-9,11-16,18-19,26H,5-7,10,17H2,1-4H3,(H,27,30)/t19-,26+/m0/s1.